The van der Waals surface area contributed by atoms with Crippen molar-refractivity contribution >= 4 is 33.4 Å². The first-order valence-electron chi connectivity index (χ1n) is 7.56. The fourth-order valence-corrected chi connectivity index (χ4v) is 2.34. The number of hydrogen-bond acceptors (Lipinski definition) is 3. The van der Waals surface area contributed by atoms with Crippen molar-refractivity contribution in [2.45, 2.75) is 26.8 Å². The molecule has 0 radical (unpaired) electrons. The van der Waals surface area contributed by atoms with Gasteiger partial charge in [0.05, 0.1) is 5.69 Å². The number of aryl methyl sites for hydroxylation is 2. The molecule has 1 atom stereocenters. The van der Waals surface area contributed by atoms with Crippen LogP contribution < -0.4 is 16.2 Å². The second kappa shape index (κ2) is 7.97. The molecule has 3 N–H and O–H groups in total. The number of hydrogen-bond donors (Lipinski definition) is 3. The van der Waals surface area contributed by atoms with E-state index in [1.54, 1.807) is 19.1 Å². The Morgan fingerprint density at radius 2 is 1.83 bits per heavy atom. The van der Waals surface area contributed by atoms with Crippen LogP contribution in [0, 0.1) is 13.8 Å². The smallest absolute Gasteiger partial charge is 0.260 e. The van der Waals surface area contributed by atoms with Crippen molar-refractivity contribution in [2.24, 2.45) is 0 Å². The summed E-state index contributed by atoms with van der Waals surface area (Å²) in [6, 6.07) is 12.2. The van der Waals surface area contributed by atoms with Crippen LogP contribution in [0.1, 0.15) is 28.4 Å². The molecule has 24 heavy (non-hydrogen) atoms. The molecule has 0 bridgehead atoms. The minimum Gasteiger partial charge on any atom is -0.340 e. The third kappa shape index (κ3) is 4.83. The van der Waals surface area contributed by atoms with Gasteiger partial charge in [0.15, 0.2) is 0 Å². The number of rotatable bonds is 5. The fraction of sp³-hybridized carbons (Fsp3) is 0.222. The lowest BCUT2D eigenvalue weighted by atomic mass is 10.1. The van der Waals surface area contributed by atoms with Crippen LogP contribution in [0.3, 0.4) is 0 Å². The zero-order valence-corrected chi connectivity index (χ0v) is 15.4. The number of nitrogens with one attached hydrogen (secondary N) is 3. The summed E-state index contributed by atoms with van der Waals surface area (Å²) >= 11 is 3.42. The summed E-state index contributed by atoms with van der Waals surface area (Å²) in [6.45, 7) is 5.51. The lowest BCUT2D eigenvalue weighted by Crippen LogP contribution is -2.46. The molecule has 0 saturated heterocycles. The van der Waals surface area contributed by atoms with Gasteiger partial charge in [0.2, 0.25) is 0 Å². The maximum absolute atomic E-state index is 12.2. The molecule has 0 aromatic heterocycles. The van der Waals surface area contributed by atoms with E-state index in [1.807, 2.05) is 44.2 Å². The van der Waals surface area contributed by atoms with Gasteiger partial charge in [-0.1, -0.05) is 33.6 Å². The van der Waals surface area contributed by atoms with Crippen LogP contribution >= 0.6 is 15.9 Å². The molecule has 5 nitrogen and oxygen atoms in total. The summed E-state index contributed by atoms with van der Waals surface area (Å²) in [5, 5.41) is 2.68. The van der Waals surface area contributed by atoms with Gasteiger partial charge in [-0.05, 0) is 56.7 Å². The summed E-state index contributed by atoms with van der Waals surface area (Å²) in [4.78, 5) is 24.3. The molecule has 2 amide bonds. The van der Waals surface area contributed by atoms with Gasteiger partial charge in [0.1, 0.15) is 6.04 Å². The molecule has 0 aliphatic carbocycles. The van der Waals surface area contributed by atoms with Crippen molar-refractivity contribution in [1.82, 2.24) is 10.7 Å². The Morgan fingerprint density at radius 3 is 2.50 bits per heavy atom. The second-order valence-electron chi connectivity index (χ2n) is 5.64. The second-order valence-corrected chi connectivity index (χ2v) is 6.50. The molecule has 0 heterocycles. The van der Waals surface area contributed by atoms with Crippen molar-refractivity contribution in [3.8, 4) is 0 Å². The molecule has 2 aromatic rings. The maximum Gasteiger partial charge on any atom is 0.260 e. The van der Waals surface area contributed by atoms with Crippen molar-refractivity contribution in [3.05, 3.63) is 63.6 Å². The van der Waals surface area contributed by atoms with Crippen LogP contribution in [0.25, 0.3) is 0 Å². The first-order valence-corrected chi connectivity index (χ1v) is 8.35. The topological polar surface area (TPSA) is 70.2 Å². The van der Waals surface area contributed by atoms with E-state index >= 15 is 0 Å². The number of hydrazine groups is 1. The highest BCUT2D eigenvalue weighted by atomic mass is 79.9. The van der Waals surface area contributed by atoms with Gasteiger partial charge in [-0.2, -0.15) is 0 Å². The Labute approximate surface area is 149 Å². The molecule has 1 unspecified atom stereocenters. The number of carbonyl (C=O) groups is 2. The van der Waals surface area contributed by atoms with Crippen LogP contribution in [0.5, 0.6) is 0 Å². The van der Waals surface area contributed by atoms with Gasteiger partial charge in [-0.15, -0.1) is 0 Å². The summed E-state index contributed by atoms with van der Waals surface area (Å²) in [6.07, 6.45) is 0. The SMILES string of the molecule is Cc1cccc(C(=O)NC(C)C(=O)NNc2ccc(Br)c(C)c2)c1. The minimum atomic E-state index is -0.665. The Morgan fingerprint density at radius 1 is 1.08 bits per heavy atom. The van der Waals surface area contributed by atoms with E-state index in [1.165, 1.54) is 0 Å². The van der Waals surface area contributed by atoms with E-state index in [2.05, 4.69) is 32.1 Å². The quantitative estimate of drug-likeness (QED) is 0.686. The van der Waals surface area contributed by atoms with Crippen molar-refractivity contribution in [2.75, 3.05) is 5.43 Å². The van der Waals surface area contributed by atoms with Crippen molar-refractivity contribution in [1.29, 1.82) is 0 Å². The third-order valence-corrected chi connectivity index (χ3v) is 4.40. The highest BCUT2D eigenvalue weighted by Gasteiger charge is 2.16. The van der Waals surface area contributed by atoms with Crippen LogP contribution in [0.2, 0.25) is 0 Å². The fourth-order valence-electron chi connectivity index (χ4n) is 2.10. The predicted octanol–water partition coefficient (Wildman–Crippen LogP) is 3.33. The first kappa shape index (κ1) is 18.0. The standard InChI is InChI=1S/C18H20BrN3O2/c1-11-5-4-6-14(9-11)18(24)20-13(3)17(23)22-21-15-7-8-16(19)12(2)10-15/h4-10,13,21H,1-3H3,(H,20,24)(H,22,23). The van der Waals surface area contributed by atoms with Gasteiger partial charge in [-0.25, -0.2) is 0 Å². The normalized spacial score (nSPS) is 11.5. The van der Waals surface area contributed by atoms with E-state index in [0.717, 1.165) is 21.3 Å². The number of halogens is 1. The highest BCUT2D eigenvalue weighted by Crippen LogP contribution is 2.19. The Hall–Kier alpha value is -2.34. The molecular weight excluding hydrogens is 370 g/mol. The van der Waals surface area contributed by atoms with Crippen LogP contribution in [-0.4, -0.2) is 17.9 Å². The monoisotopic (exact) mass is 389 g/mol. The molecule has 2 aromatic carbocycles. The third-order valence-electron chi connectivity index (χ3n) is 3.51. The average molecular weight is 390 g/mol. The summed E-state index contributed by atoms with van der Waals surface area (Å²) in [7, 11) is 0. The number of benzene rings is 2. The van der Waals surface area contributed by atoms with E-state index in [0.29, 0.717) is 5.56 Å². The highest BCUT2D eigenvalue weighted by molar-refractivity contribution is 9.10. The lowest BCUT2D eigenvalue weighted by Gasteiger charge is -2.16. The van der Waals surface area contributed by atoms with Gasteiger partial charge in [0, 0.05) is 10.0 Å². The summed E-state index contributed by atoms with van der Waals surface area (Å²) in [5.74, 6) is -0.600. The lowest BCUT2D eigenvalue weighted by molar-refractivity contribution is -0.122. The van der Waals surface area contributed by atoms with Crippen LogP contribution in [0.4, 0.5) is 5.69 Å². The Bertz CT molecular complexity index is 762. The van der Waals surface area contributed by atoms with E-state index in [-0.39, 0.29) is 11.8 Å². The minimum absolute atomic E-state index is 0.277. The maximum atomic E-state index is 12.2. The van der Waals surface area contributed by atoms with E-state index in [9.17, 15) is 9.59 Å². The molecule has 0 fully saturated rings. The van der Waals surface area contributed by atoms with Crippen molar-refractivity contribution < 1.29 is 9.59 Å². The Kier molecular flexibility index (Phi) is 5.98. The average Bonchev–Trinajstić information content (AvgIpc) is 2.55. The van der Waals surface area contributed by atoms with Gasteiger partial charge < -0.3 is 5.32 Å². The molecule has 2 rings (SSSR count). The van der Waals surface area contributed by atoms with Crippen LogP contribution in [-0.2, 0) is 4.79 Å². The molecule has 0 spiro atoms. The van der Waals surface area contributed by atoms with Gasteiger partial charge in [0.25, 0.3) is 11.8 Å². The zero-order valence-electron chi connectivity index (χ0n) is 13.8. The number of amides is 2. The molecule has 0 aliphatic heterocycles. The largest absolute Gasteiger partial charge is 0.340 e. The van der Waals surface area contributed by atoms with Gasteiger partial charge in [-0.3, -0.25) is 20.4 Å². The summed E-state index contributed by atoms with van der Waals surface area (Å²) < 4.78 is 0.998. The molecule has 126 valence electrons. The molecule has 0 aliphatic rings. The van der Waals surface area contributed by atoms with Crippen molar-refractivity contribution in [3.63, 3.8) is 0 Å². The Balaban J connectivity index is 1.89. The van der Waals surface area contributed by atoms with Gasteiger partial charge >= 0.3 is 0 Å². The molecular formula is C18H20BrN3O2. The number of anilines is 1. The molecule has 0 saturated carbocycles. The predicted molar refractivity (Wildman–Crippen MR) is 98.8 cm³/mol. The summed E-state index contributed by atoms with van der Waals surface area (Å²) in [5.41, 5.74) is 8.78. The van der Waals surface area contributed by atoms with E-state index in [4.69, 9.17) is 0 Å². The zero-order chi connectivity index (χ0) is 17.7. The number of carbonyl (C=O) groups excluding carboxylic acids is 2. The van der Waals surface area contributed by atoms with Crippen LogP contribution in [0.15, 0.2) is 46.9 Å². The molecule has 6 heteroatoms. The van der Waals surface area contributed by atoms with E-state index < -0.39 is 6.04 Å². The first-order chi connectivity index (χ1) is 11.4.